The van der Waals surface area contributed by atoms with Crippen LogP contribution in [0.3, 0.4) is 0 Å². The van der Waals surface area contributed by atoms with Crippen molar-refractivity contribution >= 4 is 23.6 Å². The van der Waals surface area contributed by atoms with Crippen LogP contribution in [-0.2, 0) is 14.3 Å². The first-order valence-electron chi connectivity index (χ1n) is 9.92. The van der Waals surface area contributed by atoms with E-state index in [1.807, 2.05) is 13.0 Å². The minimum absolute atomic E-state index is 0.00532. The van der Waals surface area contributed by atoms with Crippen molar-refractivity contribution in [1.82, 2.24) is 10.6 Å². The molecule has 158 valence electrons. The topological polar surface area (TPSA) is 106 Å². The summed E-state index contributed by atoms with van der Waals surface area (Å²) < 4.78 is 10.7. The number of benzene rings is 1. The Bertz CT molecular complexity index is 811. The van der Waals surface area contributed by atoms with Crippen molar-refractivity contribution in [2.75, 3.05) is 11.9 Å². The zero-order valence-corrected chi connectivity index (χ0v) is 17.4. The fourth-order valence-corrected chi connectivity index (χ4v) is 3.52. The number of hydrogen-bond acceptors (Lipinski definition) is 5. The van der Waals surface area contributed by atoms with Gasteiger partial charge in [0.25, 0.3) is 5.91 Å². The first-order chi connectivity index (χ1) is 13.6. The standard InChI is InChI=1S/C21H29N3O5/c1-13(14-6-7-16-15(10-14)23-18(26)12-28-16)22-17(25)11-21(8-5-9-21)24-19(27)29-20(2,3)4/h6-7,10,13H,5,8-9,11-12H2,1-4H3,(H,22,25)(H,23,26)(H,24,27)/t13-/m1/s1. The van der Waals surface area contributed by atoms with Gasteiger partial charge in [-0.15, -0.1) is 0 Å². The molecule has 0 spiro atoms. The molecule has 3 amide bonds. The number of nitrogens with one attached hydrogen (secondary N) is 3. The monoisotopic (exact) mass is 403 g/mol. The Morgan fingerprint density at radius 3 is 2.66 bits per heavy atom. The fraction of sp³-hybridized carbons (Fsp3) is 0.571. The first-order valence-corrected chi connectivity index (χ1v) is 9.92. The highest BCUT2D eigenvalue weighted by Crippen LogP contribution is 2.36. The van der Waals surface area contributed by atoms with Crippen LogP contribution in [0.5, 0.6) is 5.75 Å². The zero-order chi connectivity index (χ0) is 21.2. The lowest BCUT2D eigenvalue weighted by Gasteiger charge is -2.42. The van der Waals surface area contributed by atoms with Crippen molar-refractivity contribution in [2.24, 2.45) is 0 Å². The Labute approximate surface area is 170 Å². The number of rotatable bonds is 5. The summed E-state index contributed by atoms with van der Waals surface area (Å²) in [5.41, 5.74) is 0.314. The van der Waals surface area contributed by atoms with Gasteiger partial charge in [0.1, 0.15) is 11.4 Å². The third-order valence-corrected chi connectivity index (χ3v) is 5.09. The van der Waals surface area contributed by atoms with Crippen LogP contribution in [-0.4, -0.2) is 35.7 Å². The zero-order valence-electron chi connectivity index (χ0n) is 17.4. The number of ether oxygens (including phenoxy) is 2. The van der Waals surface area contributed by atoms with E-state index < -0.39 is 17.2 Å². The largest absolute Gasteiger partial charge is 0.482 e. The molecule has 8 nitrogen and oxygen atoms in total. The van der Waals surface area contributed by atoms with E-state index in [4.69, 9.17) is 9.47 Å². The molecule has 0 radical (unpaired) electrons. The van der Waals surface area contributed by atoms with Crippen molar-refractivity contribution in [3.8, 4) is 5.75 Å². The molecule has 1 atom stereocenters. The molecule has 0 aromatic heterocycles. The number of carbonyl (C=O) groups excluding carboxylic acids is 3. The van der Waals surface area contributed by atoms with Gasteiger partial charge in [0, 0.05) is 6.42 Å². The molecular weight excluding hydrogens is 374 g/mol. The predicted molar refractivity (Wildman–Crippen MR) is 108 cm³/mol. The lowest BCUT2D eigenvalue weighted by molar-refractivity contribution is -0.124. The molecule has 1 aromatic rings. The average molecular weight is 403 g/mol. The van der Waals surface area contributed by atoms with Crippen molar-refractivity contribution in [1.29, 1.82) is 0 Å². The van der Waals surface area contributed by atoms with Crippen LogP contribution in [0.25, 0.3) is 0 Å². The van der Waals surface area contributed by atoms with E-state index in [2.05, 4.69) is 16.0 Å². The summed E-state index contributed by atoms with van der Waals surface area (Å²) in [5.74, 6) is 0.264. The van der Waals surface area contributed by atoms with E-state index in [1.165, 1.54) is 0 Å². The van der Waals surface area contributed by atoms with Crippen LogP contribution >= 0.6 is 0 Å². The van der Waals surface area contributed by atoms with Gasteiger partial charge in [-0.1, -0.05) is 6.07 Å². The molecule has 0 unspecified atom stereocenters. The van der Waals surface area contributed by atoms with Crippen molar-refractivity contribution < 1.29 is 23.9 Å². The maximum Gasteiger partial charge on any atom is 0.408 e. The number of hydrogen-bond donors (Lipinski definition) is 3. The Kier molecular flexibility index (Phi) is 5.73. The van der Waals surface area contributed by atoms with E-state index in [0.717, 1.165) is 24.8 Å². The Balaban J connectivity index is 1.59. The number of carbonyl (C=O) groups is 3. The van der Waals surface area contributed by atoms with Gasteiger partial charge in [-0.3, -0.25) is 9.59 Å². The van der Waals surface area contributed by atoms with Gasteiger partial charge in [0.05, 0.1) is 17.3 Å². The van der Waals surface area contributed by atoms with Crippen molar-refractivity contribution in [2.45, 2.75) is 70.6 Å². The van der Waals surface area contributed by atoms with Crippen molar-refractivity contribution in [3.05, 3.63) is 23.8 Å². The lowest BCUT2D eigenvalue weighted by Crippen LogP contribution is -2.56. The summed E-state index contributed by atoms with van der Waals surface area (Å²) in [6, 6.07) is 5.18. The van der Waals surface area contributed by atoms with Crippen LogP contribution in [0.4, 0.5) is 10.5 Å². The van der Waals surface area contributed by atoms with Gasteiger partial charge < -0.3 is 25.4 Å². The molecule has 1 heterocycles. The Morgan fingerprint density at radius 1 is 1.31 bits per heavy atom. The van der Waals surface area contributed by atoms with Gasteiger partial charge in [0.2, 0.25) is 5.91 Å². The van der Waals surface area contributed by atoms with Crippen LogP contribution in [0, 0.1) is 0 Å². The van der Waals surface area contributed by atoms with Crippen LogP contribution in [0.2, 0.25) is 0 Å². The number of alkyl carbamates (subject to hydrolysis) is 1. The van der Waals surface area contributed by atoms with E-state index in [1.54, 1.807) is 32.9 Å². The molecule has 1 aliphatic carbocycles. The molecule has 0 saturated heterocycles. The fourth-order valence-electron chi connectivity index (χ4n) is 3.52. The second-order valence-electron chi connectivity index (χ2n) is 8.82. The Morgan fingerprint density at radius 2 is 2.03 bits per heavy atom. The maximum atomic E-state index is 12.6. The second-order valence-corrected chi connectivity index (χ2v) is 8.82. The molecule has 2 aliphatic rings. The highest BCUT2D eigenvalue weighted by molar-refractivity contribution is 5.95. The van der Waals surface area contributed by atoms with Gasteiger partial charge in [0.15, 0.2) is 6.61 Å². The van der Waals surface area contributed by atoms with Gasteiger partial charge in [-0.2, -0.15) is 0 Å². The summed E-state index contributed by atoms with van der Waals surface area (Å²) in [5, 5.41) is 8.63. The molecule has 1 aliphatic heterocycles. The number of fused-ring (bicyclic) bond motifs is 1. The van der Waals surface area contributed by atoms with Crippen molar-refractivity contribution in [3.63, 3.8) is 0 Å². The minimum Gasteiger partial charge on any atom is -0.482 e. The highest BCUT2D eigenvalue weighted by atomic mass is 16.6. The molecule has 0 bridgehead atoms. The quantitative estimate of drug-likeness (QED) is 0.701. The average Bonchev–Trinajstić information content (AvgIpc) is 2.57. The second kappa shape index (κ2) is 7.93. The van der Waals surface area contributed by atoms with Gasteiger partial charge >= 0.3 is 6.09 Å². The van der Waals surface area contributed by atoms with Crippen LogP contribution in [0.1, 0.15) is 65.0 Å². The van der Waals surface area contributed by atoms with E-state index >= 15 is 0 Å². The minimum atomic E-state index is -0.586. The predicted octanol–water partition coefficient (Wildman–Crippen LogP) is 3.03. The lowest BCUT2D eigenvalue weighted by atomic mass is 9.74. The molecule has 1 aromatic carbocycles. The molecule has 1 saturated carbocycles. The van der Waals surface area contributed by atoms with Crippen LogP contribution in [0.15, 0.2) is 18.2 Å². The third kappa shape index (κ3) is 5.40. The first kappa shape index (κ1) is 21.0. The highest BCUT2D eigenvalue weighted by Gasteiger charge is 2.41. The normalized spacial score (nSPS) is 18.3. The van der Waals surface area contributed by atoms with Gasteiger partial charge in [-0.25, -0.2) is 4.79 Å². The smallest absolute Gasteiger partial charge is 0.408 e. The molecular formula is C21H29N3O5. The van der Waals surface area contributed by atoms with E-state index in [-0.39, 0.29) is 30.9 Å². The Hall–Kier alpha value is -2.77. The van der Waals surface area contributed by atoms with E-state index in [0.29, 0.717) is 11.4 Å². The third-order valence-electron chi connectivity index (χ3n) is 5.09. The molecule has 3 rings (SSSR count). The molecule has 3 N–H and O–H groups in total. The molecule has 1 fully saturated rings. The summed E-state index contributed by atoms with van der Waals surface area (Å²) in [6.45, 7) is 7.30. The SMILES string of the molecule is C[C@@H](NC(=O)CC1(NC(=O)OC(C)(C)C)CCC1)c1ccc2c(c1)NC(=O)CO2. The van der Waals surface area contributed by atoms with E-state index in [9.17, 15) is 14.4 Å². The summed E-state index contributed by atoms with van der Waals surface area (Å²) in [4.78, 5) is 36.3. The maximum absolute atomic E-state index is 12.6. The molecule has 29 heavy (non-hydrogen) atoms. The number of anilines is 1. The van der Waals surface area contributed by atoms with Crippen LogP contribution < -0.4 is 20.7 Å². The van der Waals surface area contributed by atoms with Gasteiger partial charge in [-0.05, 0) is 64.7 Å². The number of amides is 3. The summed E-state index contributed by atoms with van der Waals surface area (Å²) in [6.07, 6.45) is 2.15. The summed E-state index contributed by atoms with van der Waals surface area (Å²) >= 11 is 0. The molecule has 8 heteroatoms. The summed E-state index contributed by atoms with van der Waals surface area (Å²) in [7, 11) is 0.